The van der Waals surface area contributed by atoms with E-state index in [1.54, 1.807) is 6.20 Å². The zero-order valence-corrected chi connectivity index (χ0v) is 16.8. The van der Waals surface area contributed by atoms with Crippen molar-refractivity contribution in [2.75, 3.05) is 75.4 Å². The van der Waals surface area contributed by atoms with Crippen LogP contribution >= 0.6 is 0 Å². The minimum absolute atomic E-state index is 0.108. The third-order valence-electron chi connectivity index (χ3n) is 5.56. The molecule has 7 heteroatoms. The Kier molecular flexibility index (Phi) is 6.59. The summed E-state index contributed by atoms with van der Waals surface area (Å²) >= 11 is 0. The van der Waals surface area contributed by atoms with E-state index >= 15 is 0 Å². The fraction of sp³-hybridized carbons (Fsp3) is 0.455. The molecule has 0 saturated carbocycles. The van der Waals surface area contributed by atoms with Crippen LogP contribution in [0.1, 0.15) is 10.5 Å². The molecule has 1 N–H and O–H groups in total. The Morgan fingerprint density at radius 3 is 2.34 bits per heavy atom. The van der Waals surface area contributed by atoms with Gasteiger partial charge in [0.05, 0.1) is 13.2 Å². The number of hydrogen-bond acceptors (Lipinski definition) is 6. The summed E-state index contributed by atoms with van der Waals surface area (Å²) in [4.78, 5) is 23.8. The molecule has 0 aliphatic carbocycles. The number of benzene rings is 1. The Balaban J connectivity index is 1.28. The molecule has 1 aromatic carbocycles. The largest absolute Gasteiger partial charge is 0.379 e. The molecule has 3 heterocycles. The zero-order valence-electron chi connectivity index (χ0n) is 16.8. The summed E-state index contributed by atoms with van der Waals surface area (Å²) in [6.45, 7) is 8.66. The fourth-order valence-electron chi connectivity index (χ4n) is 3.84. The summed E-state index contributed by atoms with van der Waals surface area (Å²) in [5, 5.41) is 2.99. The van der Waals surface area contributed by atoms with Gasteiger partial charge in [0.1, 0.15) is 5.69 Å². The van der Waals surface area contributed by atoms with Gasteiger partial charge in [0.15, 0.2) is 0 Å². The van der Waals surface area contributed by atoms with Crippen molar-refractivity contribution >= 4 is 17.3 Å². The van der Waals surface area contributed by atoms with Gasteiger partial charge in [-0.25, -0.2) is 0 Å². The molecule has 1 amide bonds. The first-order valence-electron chi connectivity index (χ1n) is 10.4. The Morgan fingerprint density at radius 1 is 0.931 bits per heavy atom. The highest BCUT2D eigenvalue weighted by Gasteiger charge is 2.19. The van der Waals surface area contributed by atoms with Gasteiger partial charge in [-0.3, -0.25) is 14.7 Å². The van der Waals surface area contributed by atoms with Crippen molar-refractivity contribution in [3.05, 3.63) is 54.4 Å². The van der Waals surface area contributed by atoms with E-state index in [4.69, 9.17) is 4.74 Å². The topological polar surface area (TPSA) is 60.9 Å². The Hall–Kier alpha value is -2.64. The first-order chi connectivity index (χ1) is 14.3. The van der Waals surface area contributed by atoms with Crippen LogP contribution < -0.4 is 15.1 Å². The van der Waals surface area contributed by atoms with Crippen LogP contribution in [0.4, 0.5) is 11.4 Å². The molecular weight excluding hydrogens is 366 g/mol. The maximum atomic E-state index is 12.5. The van der Waals surface area contributed by atoms with E-state index in [2.05, 4.69) is 49.3 Å². The van der Waals surface area contributed by atoms with Crippen LogP contribution in [0.5, 0.6) is 0 Å². The second kappa shape index (κ2) is 9.71. The number of ether oxygens (including phenoxy) is 1. The first-order valence-corrected chi connectivity index (χ1v) is 10.4. The highest BCUT2D eigenvalue weighted by molar-refractivity contribution is 5.93. The molecule has 7 nitrogen and oxygen atoms in total. The summed E-state index contributed by atoms with van der Waals surface area (Å²) in [5.74, 6) is -0.108. The highest BCUT2D eigenvalue weighted by atomic mass is 16.5. The van der Waals surface area contributed by atoms with E-state index in [1.807, 2.05) is 18.2 Å². The minimum Gasteiger partial charge on any atom is -0.379 e. The van der Waals surface area contributed by atoms with E-state index in [0.717, 1.165) is 64.7 Å². The standard InChI is InChI=1S/C22H29N5O2/c28-22(24-8-9-25-14-16-29-17-15-25)21-18-20(6-7-23-21)27-12-10-26(11-13-27)19-4-2-1-3-5-19/h1-7,18H,8-17H2,(H,24,28). The first kappa shape index (κ1) is 19.7. The highest BCUT2D eigenvalue weighted by Crippen LogP contribution is 2.20. The van der Waals surface area contributed by atoms with Crippen molar-refractivity contribution in [1.82, 2.24) is 15.2 Å². The lowest BCUT2D eigenvalue weighted by molar-refractivity contribution is 0.0383. The number of piperazine rings is 1. The lowest BCUT2D eigenvalue weighted by Gasteiger charge is -2.37. The average Bonchev–Trinajstić information content (AvgIpc) is 2.80. The summed E-state index contributed by atoms with van der Waals surface area (Å²) in [7, 11) is 0. The Labute approximate surface area is 172 Å². The predicted octanol–water partition coefficient (Wildman–Crippen LogP) is 1.47. The molecule has 154 valence electrons. The van der Waals surface area contributed by atoms with Gasteiger partial charge >= 0.3 is 0 Å². The van der Waals surface area contributed by atoms with Crippen molar-refractivity contribution in [3.63, 3.8) is 0 Å². The second-order valence-corrected chi connectivity index (χ2v) is 7.42. The molecule has 29 heavy (non-hydrogen) atoms. The third kappa shape index (κ3) is 5.25. The number of hydrogen-bond donors (Lipinski definition) is 1. The number of morpholine rings is 1. The molecule has 2 aliphatic rings. The number of pyridine rings is 1. The number of rotatable bonds is 6. The Bertz CT molecular complexity index is 787. The van der Waals surface area contributed by atoms with E-state index in [-0.39, 0.29) is 5.91 Å². The molecule has 4 rings (SSSR count). The van der Waals surface area contributed by atoms with Crippen LogP contribution in [0.2, 0.25) is 0 Å². The van der Waals surface area contributed by atoms with E-state index in [1.165, 1.54) is 5.69 Å². The number of carbonyl (C=O) groups excluding carboxylic acids is 1. The quantitative estimate of drug-likeness (QED) is 0.799. The van der Waals surface area contributed by atoms with Crippen LogP contribution in [0.3, 0.4) is 0 Å². The van der Waals surface area contributed by atoms with E-state index in [9.17, 15) is 4.79 Å². The molecular formula is C22H29N5O2. The van der Waals surface area contributed by atoms with Crippen molar-refractivity contribution in [1.29, 1.82) is 0 Å². The minimum atomic E-state index is -0.108. The fourth-order valence-corrected chi connectivity index (χ4v) is 3.84. The molecule has 0 unspecified atom stereocenters. The van der Waals surface area contributed by atoms with Gasteiger partial charge in [0, 0.05) is 69.9 Å². The van der Waals surface area contributed by atoms with E-state index in [0.29, 0.717) is 12.2 Å². The summed E-state index contributed by atoms with van der Waals surface area (Å²) in [5.41, 5.74) is 2.81. The van der Waals surface area contributed by atoms with Gasteiger partial charge in [0.25, 0.3) is 5.91 Å². The summed E-state index contributed by atoms with van der Waals surface area (Å²) in [6, 6.07) is 14.4. The van der Waals surface area contributed by atoms with Crippen molar-refractivity contribution in [2.45, 2.75) is 0 Å². The van der Waals surface area contributed by atoms with Gasteiger partial charge in [-0.1, -0.05) is 18.2 Å². The van der Waals surface area contributed by atoms with Gasteiger partial charge in [0.2, 0.25) is 0 Å². The number of amides is 1. The smallest absolute Gasteiger partial charge is 0.269 e. The lowest BCUT2D eigenvalue weighted by Crippen LogP contribution is -2.46. The molecule has 1 aromatic heterocycles. The SMILES string of the molecule is O=C(NCCN1CCOCC1)c1cc(N2CCN(c3ccccc3)CC2)ccn1. The van der Waals surface area contributed by atoms with Crippen molar-refractivity contribution in [2.24, 2.45) is 0 Å². The second-order valence-electron chi connectivity index (χ2n) is 7.42. The van der Waals surface area contributed by atoms with Crippen molar-refractivity contribution in [3.8, 4) is 0 Å². The number of carbonyl (C=O) groups is 1. The lowest BCUT2D eigenvalue weighted by atomic mass is 10.2. The summed E-state index contributed by atoms with van der Waals surface area (Å²) < 4.78 is 5.35. The van der Waals surface area contributed by atoms with Crippen LogP contribution in [-0.4, -0.2) is 81.4 Å². The molecule has 2 aliphatic heterocycles. The summed E-state index contributed by atoms with van der Waals surface area (Å²) in [6.07, 6.45) is 1.73. The van der Waals surface area contributed by atoms with Crippen LogP contribution in [0.25, 0.3) is 0 Å². The number of nitrogens with one attached hydrogen (secondary N) is 1. The van der Waals surface area contributed by atoms with Crippen molar-refractivity contribution < 1.29 is 9.53 Å². The molecule has 0 bridgehead atoms. The normalized spacial score (nSPS) is 17.9. The molecule has 0 spiro atoms. The van der Waals surface area contributed by atoms with Crippen LogP contribution in [0.15, 0.2) is 48.7 Å². The number of nitrogens with zero attached hydrogens (tertiary/aromatic N) is 4. The number of anilines is 2. The molecule has 0 atom stereocenters. The zero-order chi connectivity index (χ0) is 19.9. The molecule has 0 radical (unpaired) electrons. The average molecular weight is 396 g/mol. The molecule has 2 fully saturated rings. The predicted molar refractivity (Wildman–Crippen MR) is 115 cm³/mol. The van der Waals surface area contributed by atoms with E-state index < -0.39 is 0 Å². The number of para-hydroxylation sites is 1. The maximum absolute atomic E-state index is 12.5. The van der Waals surface area contributed by atoms with Gasteiger partial charge in [-0.2, -0.15) is 0 Å². The third-order valence-corrected chi connectivity index (χ3v) is 5.56. The van der Waals surface area contributed by atoms with Gasteiger partial charge in [-0.05, 0) is 24.3 Å². The van der Waals surface area contributed by atoms with Crippen LogP contribution in [0, 0.1) is 0 Å². The van der Waals surface area contributed by atoms with Crippen LogP contribution in [-0.2, 0) is 4.74 Å². The number of aromatic nitrogens is 1. The molecule has 2 aromatic rings. The maximum Gasteiger partial charge on any atom is 0.269 e. The van der Waals surface area contributed by atoms with Gasteiger partial charge < -0.3 is 19.9 Å². The monoisotopic (exact) mass is 395 g/mol. The van der Waals surface area contributed by atoms with Gasteiger partial charge in [-0.15, -0.1) is 0 Å². The Morgan fingerprint density at radius 2 is 1.62 bits per heavy atom. The molecule has 2 saturated heterocycles.